The minimum absolute atomic E-state index is 0.415. The van der Waals surface area contributed by atoms with Gasteiger partial charge in [0.2, 0.25) is 0 Å². The molecule has 0 aliphatic carbocycles. The maximum Gasteiger partial charge on any atom is 0.332 e. The number of primary amides is 1. The quantitative estimate of drug-likeness (QED) is 0.604. The second-order valence-electron chi connectivity index (χ2n) is 4.07. The monoisotopic (exact) mass is 223 g/mol. The molecule has 1 rings (SSSR count). The van der Waals surface area contributed by atoms with Gasteiger partial charge in [0.05, 0.1) is 6.26 Å². The van der Waals surface area contributed by atoms with Crippen molar-refractivity contribution in [2.24, 2.45) is 16.8 Å². The molecule has 5 heteroatoms. The fourth-order valence-corrected chi connectivity index (χ4v) is 1.37. The molecule has 0 aliphatic rings. The summed E-state index contributed by atoms with van der Waals surface area (Å²) in [7, 11) is 0. The van der Waals surface area contributed by atoms with E-state index in [1.54, 1.807) is 6.26 Å². The van der Waals surface area contributed by atoms with Crippen molar-refractivity contribution >= 4 is 11.7 Å². The lowest BCUT2D eigenvalue weighted by molar-refractivity contribution is 0.249. The topological polar surface area (TPSA) is 80.6 Å². The third-order valence-electron chi connectivity index (χ3n) is 2.03. The SMILES string of the molecule is Cc1ccoc1/C(CC(C)C)=N\NC(N)=O. The largest absolute Gasteiger partial charge is 0.463 e. The fourth-order valence-electron chi connectivity index (χ4n) is 1.37. The van der Waals surface area contributed by atoms with Gasteiger partial charge in [0.25, 0.3) is 0 Å². The molecule has 0 saturated heterocycles. The molecule has 1 aromatic rings. The first-order chi connectivity index (χ1) is 7.50. The van der Waals surface area contributed by atoms with Crippen LogP contribution in [0.3, 0.4) is 0 Å². The normalized spacial score (nSPS) is 11.9. The lowest BCUT2D eigenvalue weighted by atomic mass is 10.0. The van der Waals surface area contributed by atoms with E-state index in [0.29, 0.717) is 23.8 Å². The van der Waals surface area contributed by atoms with Gasteiger partial charge in [-0.15, -0.1) is 0 Å². The molecule has 0 radical (unpaired) electrons. The number of carbonyl (C=O) groups excluding carboxylic acids is 1. The lowest BCUT2D eigenvalue weighted by Gasteiger charge is -2.07. The number of rotatable bonds is 4. The Morgan fingerprint density at radius 2 is 2.31 bits per heavy atom. The van der Waals surface area contributed by atoms with Crippen LogP contribution in [-0.4, -0.2) is 11.7 Å². The van der Waals surface area contributed by atoms with Crippen LogP contribution in [0.15, 0.2) is 21.8 Å². The maximum absolute atomic E-state index is 10.6. The number of hydrazone groups is 1. The number of aryl methyl sites for hydroxylation is 1. The number of amides is 2. The van der Waals surface area contributed by atoms with Gasteiger partial charge in [0.1, 0.15) is 5.71 Å². The molecular formula is C11H17N3O2. The molecule has 2 amide bonds. The molecule has 0 spiro atoms. The Bertz CT molecular complexity index is 394. The zero-order valence-electron chi connectivity index (χ0n) is 9.78. The van der Waals surface area contributed by atoms with Crippen LogP contribution in [0.2, 0.25) is 0 Å². The molecule has 88 valence electrons. The van der Waals surface area contributed by atoms with Crippen LogP contribution in [-0.2, 0) is 0 Å². The van der Waals surface area contributed by atoms with Gasteiger partial charge >= 0.3 is 6.03 Å². The van der Waals surface area contributed by atoms with Crippen molar-refractivity contribution in [1.82, 2.24) is 5.43 Å². The molecule has 0 unspecified atom stereocenters. The summed E-state index contributed by atoms with van der Waals surface area (Å²) in [4.78, 5) is 10.6. The Morgan fingerprint density at radius 3 is 2.75 bits per heavy atom. The number of furan rings is 1. The van der Waals surface area contributed by atoms with Gasteiger partial charge < -0.3 is 10.2 Å². The van der Waals surface area contributed by atoms with E-state index in [-0.39, 0.29) is 0 Å². The number of nitrogens with two attached hydrogens (primary N) is 1. The number of hydrogen-bond acceptors (Lipinski definition) is 3. The highest BCUT2D eigenvalue weighted by atomic mass is 16.3. The minimum Gasteiger partial charge on any atom is -0.463 e. The zero-order valence-corrected chi connectivity index (χ0v) is 9.78. The van der Waals surface area contributed by atoms with Crippen LogP contribution in [0.25, 0.3) is 0 Å². The van der Waals surface area contributed by atoms with Gasteiger partial charge in [-0.25, -0.2) is 10.2 Å². The summed E-state index contributed by atoms with van der Waals surface area (Å²) in [5.74, 6) is 1.11. The predicted molar refractivity (Wildman–Crippen MR) is 62.2 cm³/mol. The average molecular weight is 223 g/mol. The Kier molecular flexibility index (Phi) is 4.10. The summed E-state index contributed by atoms with van der Waals surface area (Å²) >= 11 is 0. The van der Waals surface area contributed by atoms with Crippen LogP contribution in [0.1, 0.15) is 31.6 Å². The van der Waals surface area contributed by atoms with E-state index in [0.717, 1.165) is 5.56 Å². The first-order valence-corrected chi connectivity index (χ1v) is 5.17. The molecule has 1 heterocycles. The molecule has 1 aromatic heterocycles. The molecule has 5 nitrogen and oxygen atoms in total. The number of carbonyl (C=O) groups is 1. The van der Waals surface area contributed by atoms with E-state index in [2.05, 4.69) is 24.4 Å². The molecule has 0 saturated carbocycles. The Balaban J connectivity index is 2.91. The molecule has 0 fully saturated rings. The van der Waals surface area contributed by atoms with Crippen LogP contribution < -0.4 is 11.2 Å². The summed E-state index contributed by atoms with van der Waals surface area (Å²) in [6.07, 6.45) is 2.32. The van der Waals surface area contributed by atoms with Crippen molar-refractivity contribution in [2.75, 3.05) is 0 Å². The predicted octanol–water partition coefficient (Wildman–Crippen LogP) is 2.01. The Hall–Kier alpha value is -1.78. The van der Waals surface area contributed by atoms with Crippen LogP contribution >= 0.6 is 0 Å². The number of nitrogens with one attached hydrogen (secondary N) is 1. The van der Waals surface area contributed by atoms with Crippen molar-refractivity contribution in [3.05, 3.63) is 23.7 Å². The van der Waals surface area contributed by atoms with Crippen molar-refractivity contribution in [3.8, 4) is 0 Å². The number of nitrogens with zero attached hydrogens (tertiary/aromatic N) is 1. The second kappa shape index (κ2) is 5.34. The summed E-state index contributed by atoms with van der Waals surface area (Å²) in [5.41, 5.74) is 8.90. The van der Waals surface area contributed by atoms with Crippen molar-refractivity contribution in [1.29, 1.82) is 0 Å². The molecular weight excluding hydrogens is 206 g/mol. The lowest BCUT2D eigenvalue weighted by Crippen LogP contribution is -2.26. The third kappa shape index (κ3) is 3.42. The number of urea groups is 1. The molecule has 0 aliphatic heterocycles. The Labute approximate surface area is 94.7 Å². The third-order valence-corrected chi connectivity index (χ3v) is 2.03. The van der Waals surface area contributed by atoms with E-state index >= 15 is 0 Å². The van der Waals surface area contributed by atoms with Crippen molar-refractivity contribution in [3.63, 3.8) is 0 Å². The van der Waals surface area contributed by atoms with Crippen molar-refractivity contribution < 1.29 is 9.21 Å². The first-order valence-electron chi connectivity index (χ1n) is 5.17. The van der Waals surface area contributed by atoms with E-state index < -0.39 is 6.03 Å². The van der Waals surface area contributed by atoms with Gasteiger partial charge in [-0.2, -0.15) is 5.10 Å². The highest BCUT2D eigenvalue weighted by Gasteiger charge is 2.12. The highest BCUT2D eigenvalue weighted by Crippen LogP contribution is 2.15. The molecule has 16 heavy (non-hydrogen) atoms. The number of hydrogen-bond donors (Lipinski definition) is 2. The Morgan fingerprint density at radius 1 is 1.62 bits per heavy atom. The van der Waals surface area contributed by atoms with Gasteiger partial charge in [-0.3, -0.25) is 0 Å². The van der Waals surface area contributed by atoms with Gasteiger partial charge in [0, 0.05) is 0 Å². The summed E-state index contributed by atoms with van der Waals surface area (Å²) in [6.45, 7) is 6.06. The summed E-state index contributed by atoms with van der Waals surface area (Å²) in [6, 6.07) is 1.18. The minimum atomic E-state index is -0.675. The van der Waals surface area contributed by atoms with Crippen LogP contribution in [0, 0.1) is 12.8 Å². The van der Waals surface area contributed by atoms with Gasteiger partial charge in [-0.1, -0.05) is 13.8 Å². The van der Waals surface area contributed by atoms with Gasteiger partial charge in [0.15, 0.2) is 5.76 Å². The zero-order chi connectivity index (χ0) is 12.1. The molecule has 0 atom stereocenters. The van der Waals surface area contributed by atoms with E-state index in [4.69, 9.17) is 10.2 Å². The van der Waals surface area contributed by atoms with Crippen LogP contribution in [0.5, 0.6) is 0 Å². The van der Waals surface area contributed by atoms with E-state index in [1.165, 1.54) is 0 Å². The molecule has 3 N–H and O–H groups in total. The van der Waals surface area contributed by atoms with Crippen molar-refractivity contribution in [2.45, 2.75) is 27.2 Å². The second-order valence-corrected chi connectivity index (χ2v) is 4.07. The summed E-state index contributed by atoms with van der Waals surface area (Å²) in [5, 5.41) is 3.97. The standard InChI is InChI=1S/C11H17N3O2/c1-7(2)6-9(13-14-11(12)15)10-8(3)4-5-16-10/h4-5,7H,6H2,1-3H3,(H3,12,14,15)/b13-9-. The first kappa shape index (κ1) is 12.3. The van der Waals surface area contributed by atoms with E-state index in [1.807, 2.05) is 13.0 Å². The summed E-state index contributed by atoms with van der Waals surface area (Å²) < 4.78 is 5.34. The smallest absolute Gasteiger partial charge is 0.332 e. The molecule has 0 bridgehead atoms. The van der Waals surface area contributed by atoms with Crippen LogP contribution in [0.4, 0.5) is 4.79 Å². The average Bonchev–Trinajstić information content (AvgIpc) is 2.58. The fraction of sp³-hybridized carbons (Fsp3) is 0.455. The van der Waals surface area contributed by atoms with E-state index in [9.17, 15) is 4.79 Å². The highest BCUT2D eigenvalue weighted by molar-refractivity contribution is 5.99. The molecule has 0 aromatic carbocycles. The van der Waals surface area contributed by atoms with Gasteiger partial charge in [-0.05, 0) is 30.9 Å². The maximum atomic E-state index is 10.6.